The highest BCUT2D eigenvalue weighted by Crippen LogP contribution is 2.32. The molecule has 7 heteroatoms. The van der Waals surface area contributed by atoms with E-state index in [9.17, 15) is 13.4 Å². The van der Waals surface area contributed by atoms with Crippen molar-refractivity contribution in [1.82, 2.24) is 10.3 Å². The average molecular weight is 424 g/mol. The van der Waals surface area contributed by atoms with E-state index < -0.39 is 22.5 Å². The van der Waals surface area contributed by atoms with Gasteiger partial charge in [-0.15, -0.1) is 0 Å². The largest absolute Gasteiger partial charge is 0.383 e. The number of rotatable bonds is 5. The van der Waals surface area contributed by atoms with Crippen LogP contribution in [0, 0.1) is 5.82 Å². The molecule has 154 valence electrons. The fourth-order valence-corrected chi connectivity index (χ4v) is 5.14. The number of aromatic nitrogens is 1. The number of hydrogen-bond acceptors (Lipinski definition) is 4. The fraction of sp³-hybridized carbons (Fsp3) is 0.217. The molecule has 0 radical (unpaired) electrons. The summed E-state index contributed by atoms with van der Waals surface area (Å²) in [5, 5.41) is 2.73. The van der Waals surface area contributed by atoms with Gasteiger partial charge in [-0.25, -0.2) is 9.37 Å². The van der Waals surface area contributed by atoms with Gasteiger partial charge in [-0.3, -0.25) is 9.00 Å². The average Bonchev–Trinajstić information content (AvgIpc) is 3.19. The van der Waals surface area contributed by atoms with Crippen LogP contribution >= 0.6 is 0 Å². The smallest absolute Gasteiger partial charge is 0.254 e. The topological polar surface area (TPSA) is 85.1 Å². The molecule has 1 fully saturated rings. The minimum absolute atomic E-state index is 0.0245. The van der Waals surface area contributed by atoms with Crippen LogP contribution in [0.5, 0.6) is 0 Å². The first kappa shape index (κ1) is 20.2. The molecule has 1 aromatic heterocycles. The predicted octanol–water partition coefficient (Wildman–Crippen LogP) is 3.64. The SMILES string of the molecule is Nc1ncc(C2CCS(=O)C2)cc1-c1ccc(C(=O)NCc2ccccc2)c(F)c1. The van der Waals surface area contributed by atoms with Gasteiger partial charge in [-0.1, -0.05) is 36.4 Å². The molecule has 2 heterocycles. The van der Waals surface area contributed by atoms with Gasteiger partial charge in [0.2, 0.25) is 0 Å². The number of pyridine rings is 1. The monoisotopic (exact) mass is 423 g/mol. The molecule has 30 heavy (non-hydrogen) atoms. The Kier molecular flexibility index (Phi) is 5.90. The van der Waals surface area contributed by atoms with E-state index in [1.165, 1.54) is 12.1 Å². The second-order valence-corrected chi connectivity index (χ2v) is 8.98. The number of benzene rings is 2. The molecule has 0 bridgehead atoms. The van der Waals surface area contributed by atoms with Gasteiger partial charge < -0.3 is 11.1 Å². The highest BCUT2D eigenvalue weighted by atomic mass is 32.2. The van der Waals surface area contributed by atoms with Crippen molar-refractivity contribution in [3.05, 3.63) is 83.3 Å². The van der Waals surface area contributed by atoms with E-state index in [4.69, 9.17) is 5.73 Å². The highest BCUT2D eigenvalue weighted by Gasteiger charge is 2.24. The van der Waals surface area contributed by atoms with Crippen LogP contribution in [0.15, 0.2) is 60.8 Å². The van der Waals surface area contributed by atoms with Gasteiger partial charge in [0, 0.05) is 40.6 Å². The van der Waals surface area contributed by atoms with Gasteiger partial charge in [0.1, 0.15) is 11.6 Å². The van der Waals surface area contributed by atoms with Crippen molar-refractivity contribution in [2.45, 2.75) is 18.9 Å². The molecule has 0 spiro atoms. The van der Waals surface area contributed by atoms with Gasteiger partial charge in [0.25, 0.3) is 5.91 Å². The first-order valence-electron chi connectivity index (χ1n) is 9.73. The van der Waals surface area contributed by atoms with Crippen molar-refractivity contribution in [3.8, 4) is 11.1 Å². The molecule has 1 amide bonds. The van der Waals surface area contributed by atoms with Crippen LogP contribution in [-0.2, 0) is 17.3 Å². The number of nitrogen functional groups attached to an aromatic ring is 1. The first-order chi connectivity index (χ1) is 14.5. The van der Waals surface area contributed by atoms with Gasteiger partial charge in [0.15, 0.2) is 0 Å². The van der Waals surface area contributed by atoms with Crippen LogP contribution in [0.4, 0.5) is 10.2 Å². The zero-order valence-electron chi connectivity index (χ0n) is 16.3. The number of halogens is 1. The lowest BCUT2D eigenvalue weighted by molar-refractivity contribution is 0.0947. The third kappa shape index (κ3) is 4.41. The van der Waals surface area contributed by atoms with E-state index in [1.807, 2.05) is 36.4 Å². The Morgan fingerprint density at radius 1 is 1.20 bits per heavy atom. The molecule has 0 aliphatic carbocycles. The molecule has 4 rings (SSSR count). The third-order valence-electron chi connectivity index (χ3n) is 5.31. The Labute approximate surface area is 177 Å². The maximum absolute atomic E-state index is 14.7. The van der Waals surface area contributed by atoms with Gasteiger partial charge in [0.05, 0.1) is 5.56 Å². The molecule has 3 aromatic rings. The number of nitrogens with one attached hydrogen (secondary N) is 1. The summed E-state index contributed by atoms with van der Waals surface area (Å²) in [5.41, 5.74) is 9.07. The van der Waals surface area contributed by atoms with Gasteiger partial charge in [-0.2, -0.15) is 0 Å². The molecule has 2 atom stereocenters. The zero-order valence-corrected chi connectivity index (χ0v) is 17.1. The van der Waals surface area contributed by atoms with Crippen LogP contribution in [0.1, 0.15) is 33.8 Å². The minimum atomic E-state index is -0.801. The van der Waals surface area contributed by atoms with Crippen LogP contribution in [-0.4, -0.2) is 26.6 Å². The quantitative estimate of drug-likeness (QED) is 0.656. The van der Waals surface area contributed by atoms with Crippen molar-refractivity contribution >= 4 is 22.5 Å². The second kappa shape index (κ2) is 8.75. The molecule has 2 unspecified atom stereocenters. The Morgan fingerprint density at radius 3 is 2.70 bits per heavy atom. The summed E-state index contributed by atoms with van der Waals surface area (Å²) in [6.45, 7) is 0.322. The van der Waals surface area contributed by atoms with Crippen molar-refractivity contribution in [1.29, 1.82) is 0 Å². The van der Waals surface area contributed by atoms with E-state index in [0.29, 0.717) is 35.0 Å². The predicted molar refractivity (Wildman–Crippen MR) is 117 cm³/mol. The minimum Gasteiger partial charge on any atom is -0.383 e. The standard InChI is InChI=1S/C23H22FN3O2S/c24-21-11-16(6-7-19(21)23(28)27-12-15-4-2-1-3-5-15)20-10-18(13-26-22(20)25)17-8-9-30(29)14-17/h1-7,10-11,13,17H,8-9,12,14H2,(H2,25,26)(H,27,28). The van der Waals surface area contributed by atoms with E-state index in [0.717, 1.165) is 17.5 Å². The van der Waals surface area contributed by atoms with Crippen molar-refractivity contribution in [3.63, 3.8) is 0 Å². The number of nitrogens with zero attached hydrogens (tertiary/aromatic N) is 1. The summed E-state index contributed by atoms with van der Waals surface area (Å²) in [6.07, 6.45) is 2.54. The maximum Gasteiger partial charge on any atom is 0.254 e. The number of anilines is 1. The number of hydrogen-bond donors (Lipinski definition) is 2. The molecule has 0 saturated carbocycles. The van der Waals surface area contributed by atoms with E-state index in [1.54, 1.807) is 12.3 Å². The Balaban J connectivity index is 1.54. The summed E-state index contributed by atoms with van der Waals surface area (Å²) in [5.74, 6) is 0.663. The molecule has 1 saturated heterocycles. The van der Waals surface area contributed by atoms with Gasteiger partial charge in [-0.05, 0) is 47.2 Å². The molecule has 1 aliphatic heterocycles. The van der Waals surface area contributed by atoms with Crippen molar-refractivity contribution < 1.29 is 13.4 Å². The molecular formula is C23H22FN3O2S. The molecular weight excluding hydrogens is 401 g/mol. The summed E-state index contributed by atoms with van der Waals surface area (Å²) >= 11 is 0. The number of carbonyl (C=O) groups excluding carboxylic acids is 1. The van der Waals surface area contributed by atoms with Crippen LogP contribution in [0.3, 0.4) is 0 Å². The Morgan fingerprint density at radius 2 is 2.00 bits per heavy atom. The maximum atomic E-state index is 14.7. The van der Waals surface area contributed by atoms with E-state index in [-0.39, 0.29) is 11.5 Å². The van der Waals surface area contributed by atoms with Gasteiger partial charge >= 0.3 is 0 Å². The highest BCUT2D eigenvalue weighted by molar-refractivity contribution is 7.85. The van der Waals surface area contributed by atoms with Crippen LogP contribution < -0.4 is 11.1 Å². The summed E-state index contributed by atoms with van der Waals surface area (Å²) < 4.78 is 26.5. The lowest BCUT2D eigenvalue weighted by Gasteiger charge is -2.13. The molecule has 5 nitrogen and oxygen atoms in total. The van der Waals surface area contributed by atoms with Crippen LogP contribution in [0.2, 0.25) is 0 Å². The molecule has 2 aromatic carbocycles. The fourth-order valence-electron chi connectivity index (χ4n) is 3.61. The number of carbonyl (C=O) groups is 1. The first-order valence-corrected chi connectivity index (χ1v) is 11.2. The zero-order chi connectivity index (χ0) is 21.1. The van der Waals surface area contributed by atoms with E-state index >= 15 is 0 Å². The molecule has 3 N–H and O–H groups in total. The Hall–Kier alpha value is -3.06. The van der Waals surface area contributed by atoms with Crippen molar-refractivity contribution in [2.75, 3.05) is 17.2 Å². The lowest BCUT2D eigenvalue weighted by Crippen LogP contribution is -2.23. The summed E-state index contributed by atoms with van der Waals surface area (Å²) in [4.78, 5) is 16.6. The normalized spacial score (nSPS) is 18.3. The molecule has 1 aliphatic rings. The Bertz CT molecular complexity index is 1100. The van der Waals surface area contributed by atoms with Crippen LogP contribution in [0.25, 0.3) is 11.1 Å². The van der Waals surface area contributed by atoms with E-state index in [2.05, 4.69) is 10.3 Å². The lowest BCUT2D eigenvalue weighted by atomic mass is 9.96. The van der Waals surface area contributed by atoms with Crippen molar-refractivity contribution in [2.24, 2.45) is 0 Å². The summed E-state index contributed by atoms with van der Waals surface area (Å²) in [6, 6.07) is 15.8. The summed E-state index contributed by atoms with van der Waals surface area (Å²) in [7, 11) is -0.801. The number of nitrogens with two attached hydrogens (primary N) is 1. The second-order valence-electron chi connectivity index (χ2n) is 7.36. The number of amides is 1. The third-order valence-corrected chi connectivity index (χ3v) is 6.78.